The van der Waals surface area contributed by atoms with Crippen LogP contribution in [-0.4, -0.2) is 31.7 Å². The summed E-state index contributed by atoms with van der Waals surface area (Å²) in [5, 5.41) is 2.72. The van der Waals surface area contributed by atoms with Gasteiger partial charge in [0.15, 0.2) is 0 Å². The molecule has 5 heteroatoms. The average Bonchev–Trinajstić information content (AvgIpc) is 2.56. The minimum Gasteiger partial charge on any atom is -0.377 e. The van der Waals surface area contributed by atoms with Crippen molar-refractivity contribution in [2.24, 2.45) is 0 Å². The van der Waals surface area contributed by atoms with Crippen molar-refractivity contribution in [3.63, 3.8) is 0 Å². The van der Waals surface area contributed by atoms with Gasteiger partial charge in [-0.25, -0.2) is 4.39 Å². The molecule has 23 heavy (non-hydrogen) atoms. The molecule has 4 nitrogen and oxygen atoms in total. The summed E-state index contributed by atoms with van der Waals surface area (Å²) >= 11 is 0. The molecule has 1 atom stereocenters. The highest BCUT2D eigenvalue weighted by Gasteiger charge is 2.19. The molecule has 1 fully saturated rings. The standard InChI is InChI=1S/C18H19FN2O2/c1-13-12-23-11-10-21(13)15-8-6-14(7-9-15)20-18(22)16-4-2-3-5-17(16)19/h2-9,13H,10-12H2,1H3,(H,20,22). The van der Waals surface area contributed by atoms with Gasteiger partial charge in [0.2, 0.25) is 0 Å². The highest BCUT2D eigenvalue weighted by atomic mass is 19.1. The maximum atomic E-state index is 13.6. The summed E-state index contributed by atoms with van der Waals surface area (Å²) in [4.78, 5) is 14.4. The third kappa shape index (κ3) is 3.51. The van der Waals surface area contributed by atoms with E-state index in [1.54, 1.807) is 12.1 Å². The molecule has 1 heterocycles. The minimum absolute atomic E-state index is 0.0402. The number of ether oxygens (including phenoxy) is 1. The molecule has 0 bridgehead atoms. The molecule has 0 saturated carbocycles. The largest absolute Gasteiger partial charge is 0.377 e. The second-order valence-electron chi connectivity index (χ2n) is 5.60. The van der Waals surface area contributed by atoms with Gasteiger partial charge in [-0.3, -0.25) is 4.79 Å². The summed E-state index contributed by atoms with van der Waals surface area (Å²) in [6, 6.07) is 13.8. The van der Waals surface area contributed by atoms with Crippen LogP contribution in [0.25, 0.3) is 0 Å². The first-order valence-electron chi connectivity index (χ1n) is 7.65. The number of amides is 1. The van der Waals surface area contributed by atoms with Crippen LogP contribution < -0.4 is 10.2 Å². The normalized spacial score (nSPS) is 17.8. The van der Waals surface area contributed by atoms with E-state index in [1.807, 2.05) is 24.3 Å². The van der Waals surface area contributed by atoms with Crippen LogP contribution in [0.1, 0.15) is 17.3 Å². The smallest absolute Gasteiger partial charge is 0.258 e. The SMILES string of the molecule is CC1COCCN1c1ccc(NC(=O)c2ccccc2F)cc1. The molecule has 0 aromatic heterocycles. The first-order chi connectivity index (χ1) is 11.1. The fourth-order valence-corrected chi connectivity index (χ4v) is 2.69. The quantitative estimate of drug-likeness (QED) is 0.945. The van der Waals surface area contributed by atoms with Crippen molar-refractivity contribution in [3.05, 3.63) is 59.9 Å². The van der Waals surface area contributed by atoms with Gasteiger partial charge < -0.3 is 15.0 Å². The Hall–Kier alpha value is -2.40. The van der Waals surface area contributed by atoms with Crippen LogP contribution in [0.2, 0.25) is 0 Å². The van der Waals surface area contributed by atoms with E-state index in [2.05, 4.69) is 17.1 Å². The molecule has 1 aliphatic heterocycles. The predicted octanol–water partition coefficient (Wildman–Crippen LogP) is 3.30. The fraction of sp³-hybridized carbons (Fsp3) is 0.278. The van der Waals surface area contributed by atoms with Crippen molar-refractivity contribution in [2.75, 3.05) is 30.0 Å². The molecule has 1 N–H and O–H groups in total. The Morgan fingerprint density at radius 1 is 1.22 bits per heavy atom. The number of anilines is 2. The number of halogens is 1. The van der Waals surface area contributed by atoms with Gasteiger partial charge in [-0.15, -0.1) is 0 Å². The van der Waals surface area contributed by atoms with Crippen molar-refractivity contribution in [1.82, 2.24) is 0 Å². The van der Waals surface area contributed by atoms with Crippen LogP contribution in [0, 0.1) is 5.82 Å². The second-order valence-corrected chi connectivity index (χ2v) is 5.60. The lowest BCUT2D eigenvalue weighted by atomic mass is 10.1. The number of rotatable bonds is 3. The van der Waals surface area contributed by atoms with E-state index in [9.17, 15) is 9.18 Å². The molecule has 120 valence electrons. The second kappa shape index (κ2) is 6.79. The molecule has 3 rings (SSSR count). The Balaban J connectivity index is 1.70. The Morgan fingerprint density at radius 2 is 1.96 bits per heavy atom. The van der Waals surface area contributed by atoms with Crippen LogP contribution >= 0.6 is 0 Å². The summed E-state index contributed by atoms with van der Waals surface area (Å²) in [7, 11) is 0. The summed E-state index contributed by atoms with van der Waals surface area (Å²) < 4.78 is 19.0. The minimum atomic E-state index is -0.524. The lowest BCUT2D eigenvalue weighted by Crippen LogP contribution is -2.43. The zero-order chi connectivity index (χ0) is 16.2. The maximum absolute atomic E-state index is 13.6. The molecule has 1 unspecified atom stereocenters. The number of benzene rings is 2. The van der Waals surface area contributed by atoms with E-state index < -0.39 is 11.7 Å². The van der Waals surface area contributed by atoms with Gasteiger partial charge in [-0.1, -0.05) is 12.1 Å². The van der Waals surface area contributed by atoms with Crippen molar-refractivity contribution in [3.8, 4) is 0 Å². The van der Waals surface area contributed by atoms with Crippen molar-refractivity contribution >= 4 is 17.3 Å². The lowest BCUT2D eigenvalue weighted by molar-refractivity contribution is 0.0989. The molecule has 1 saturated heterocycles. The molecule has 1 aliphatic rings. The number of carbonyl (C=O) groups is 1. The Kier molecular flexibility index (Phi) is 4.57. The van der Waals surface area contributed by atoms with Crippen LogP contribution in [0.15, 0.2) is 48.5 Å². The third-order valence-corrected chi connectivity index (χ3v) is 3.94. The van der Waals surface area contributed by atoms with Crippen molar-refractivity contribution < 1.29 is 13.9 Å². The van der Waals surface area contributed by atoms with Crippen LogP contribution in [0.5, 0.6) is 0 Å². The summed E-state index contributed by atoms with van der Waals surface area (Å²) in [6.45, 7) is 4.40. The first kappa shape index (κ1) is 15.5. The molecular weight excluding hydrogens is 295 g/mol. The number of nitrogens with zero attached hydrogens (tertiary/aromatic N) is 1. The Labute approximate surface area is 134 Å². The summed E-state index contributed by atoms with van der Waals surface area (Å²) in [5.41, 5.74) is 1.77. The number of nitrogens with one attached hydrogen (secondary N) is 1. The van der Waals surface area contributed by atoms with Crippen molar-refractivity contribution in [1.29, 1.82) is 0 Å². The van der Waals surface area contributed by atoms with Gasteiger partial charge in [0.1, 0.15) is 5.82 Å². The Morgan fingerprint density at radius 3 is 2.65 bits per heavy atom. The third-order valence-electron chi connectivity index (χ3n) is 3.94. The first-order valence-corrected chi connectivity index (χ1v) is 7.65. The number of hydrogen-bond donors (Lipinski definition) is 1. The molecule has 0 spiro atoms. The number of carbonyl (C=O) groups excluding carboxylic acids is 1. The maximum Gasteiger partial charge on any atom is 0.258 e. The van der Waals surface area contributed by atoms with Gasteiger partial charge in [0.05, 0.1) is 18.8 Å². The molecule has 2 aromatic rings. The van der Waals surface area contributed by atoms with Crippen molar-refractivity contribution in [2.45, 2.75) is 13.0 Å². The lowest BCUT2D eigenvalue weighted by Gasteiger charge is -2.35. The van der Waals surface area contributed by atoms with Crippen LogP contribution in [0.4, 0.5) is 15.8 Å². The van der Waals surface area contributed by atoms with E-state index in [1.165, 1.54) is 12.1 Å². The zero-order valence-electron chi connectivity index (χ0n) is 13.0. The van der Waals surface area contributed by atoms with Crippen LogP contribution in [-0.2, 0) is 4.74 Å². The number of morpholine rings is 1. The predicted molar refractivity (Wildman–Crippen MR) is 88.4 cm³/mol. The topological polar surface area (TPSA) is 41.6 Å². The fourth-order valence-electron chi connectivity index (χ4n) is 2.69. The van der Waals surface area contributed by atoms with Gasteiger partial charge >= 0.3 is 0 Å². The molecular formula is C18H19FN2O2. The van der Waals surface area contributed by atoms with Crippen LogP contribution in [0.3, 0.4) is 0 Å². The molecule has 0 aliphatic carbocycles. The van der Waals surface area contributed by atoms with E-state index in [0.29, 0.717) is 18.3 Å². The molecule has 2 aromatic carbocycles. The van der Waals surface area contributed by atoms with Gasteiger partial charge in [-0.05, 0) is 43.3 Å². The average molecular weight is 314 g/mol. The molecule has 0 radical (unpaired) electrons. The number of hydrogen-bond acceptors (Lipinski definition) is 3. The highest BCUT2D eigenvalue weighted by Crippen LogP contribution is 2.22. The Bertz CT molecular complexity index is 688. The van der Waals surface area contributed by atoms with Gasteiger partial charge in [0, 0.05) is 24.0 Å². The van der Waals surface area contributed by atoms with E-state index in [0.717, 1.165) is 18.8 Å². The summed E-state index contributed by atoms with van der Waals surface area (Å²) in [5.74, 6) is -0.973. The van der Waals surface area contributed by atoms with Gasteiger partial charge in [0.25, 0.3) is 5.91 Å². The zero-order valence-corrected chi connectivity index (χ0v) is 13.0. The van der Waals surface area contributed by atoms with E-state index >= 15 is 0 Å². The van der Waals surface area contributed by atoms with E-state index in [-0.39, 0.29) is 5.56 Å². The monoisotopic (exact) mass is 314 g/mol. The highest BCUT2D eigenvalue weighted by molar-refractivity contribution is 6.04. The summed E-state index contributed by atoms with van der Waals surface area (Å²) in [6.07, 6.45) is 0. The molecule has 1 amide bonds. The van der Waals surface area contributed by atoms with E-state index in [4.69, 9.17) is 4.74 Å². The van der Waals surface area contributed by atoms with Gasteiger partial charge in [-0.2, -0.15) is 0 Å².